The van der Waals surface area contributed by atoms with Gasteiger partial charge in [-0.15, -0.1) is 0 Å². The van der Waals surface area contributed by atoms with Gasteiger partial charge in [-0.25, -0.2) is 15.0 Å². The van der Waals surface area contributed by atoms with Gasteiger partial charge in [-0.1, -0.05) is 23.8 Å². The van der Waals surface area contributed by atoms with Crippen molar-refractivity contribution in [3.63, 3.8) is 0 Å². The van der Waals surface area contributed by atoms with E-state index in [0.717, 1.165) is 24.0 Å². The van der Waals surface area contributed by atoms with Gasteiger partial charge in [-0.3, -0.25) is 4.57 Å². The lowest BCUT2D eigenvalue weighted by atomic mass is 9.97. The molecular weight excluding hydrogens is 312 g/mol. The molecule has 0 unspecified atom stereocenters. The van der Waals surface area contributed by atoms with Crippen molar-refractivity contribution >= 4 is 22.5 Å². The number of para-hydroxylation sites is 2. The Morgan fingerprint density at radius 1 is 1.12 bits per heavy atom. The van der Waals surface area contributed by atoms with Crippen molar-refractivity contribution in [2.45, 2.75) is 32.1 Å². The summed E-state index contributed by atoms with van der Waals surface area (Å²) in [4.78, 5) is 13.1. The Kier molecular flexibility index (Phi) is 4.33. The van der Waals surface area contributed by atoms with Crippen molar-refractivity contribution in [2.24, 2.45) is 0 Å². The number of rotatable bonds is 5. The Balaban J connectivity index is 1.55. The summed E-state index contributed by atoms with van der Waals surface area (Å²) >= 11 is 0. The van der Waals surface area contributed by atoms with Gasteiger partial charge in [0, 0.05) is 6.54 Å². The first-order valence-electron chi connectivity index (χ1n) is 8.77. The molecule has 3 aromatic rings. The standard InChI is InChI=1S/C19H22N6/c20-17-18(21-11-10-14-6-2-1-3-7-14)22-12-23-19(17)25-13-24-15-8-4-5-9-16(15)25/h4-6,8-9,12-13H,1-3,7,10-11,20H2,(H,21,22,23). The SMILES string of the molecule is Nc1c(NCCC2=CCCCC2)ncnc1-n1cnc2ccccc21. The number of hydrogen-bond acceptors (Lipinski definition) is 5. The highest BCUT2D eigenvalue weighted by Crippen LogP contribution is 2.25. The van der Waals surface area contributed by atoms with Crippen molar-refractivity contribution in [3.8, 4) is 5.82 Å². The summed E-state index contributed by atoms with van der Waals surface area (Å²) in [7, 11) is 0. The Morgan fingerprint density at radius 3 is 2.92 bits per heavy atom. The van der Waals surface area contributed by atoms with Crippen LogP contribution in [0.1, 0.15) is 32.1 Å². The molecule has 6 heteroatoms. The fourth-order valence-corrected chi connectivity index (χ4v) is 3.32. The third-order valence-corrected chi connectivity index (χ3v) is 4.67. The molecule has 0 amide bonds. The maximum absolute atomic E-state index is 6.33. The second kappa shape index (κ2) is 6.93. The second-order valence-electron chi connectivity index (χ2n) is 6.35. The number of aromatic nitrogens is 4. The molecule has 4 rings (SSSR count). The molecule has 1 aliphatic rings. The number of nitrogens with zero attached hydrogens (tertiary/aromatic N) is 4. The summed E-state index contributed by atoms with van der Waals surface area (Å²) in [6.45, 7) is 0.831. The minimum atomic E-state index is 0.545. The van der Waals surface area contributed by atoms with Gasteiger partial charge in [0.15, 0.2) is 11.6 Å². The summed E-state index contributed by atoms with van der Waals surface area (Å²) in [6, 6.07) is 7.93. The molecule has 0 saturated heterocycles. The van der Waals surface area contributed by atoms with Crippen LogP contribution in [0.5, 0.6) is 0 Å². The van der Waals surface area contributed by atoms with Crippen LogP contribution in [0.15, 0.2) is 48.6 Å². The fraction of sp³-hybridized carbons (Fsp3) is 0.316. The number of anilines is 2. The van der Waals surface area contributed by atoms with Crippen molar-refractivity contribution in [1.29, 1.82) is 0 Å². The second-order valence-corrected chi connectivity index (χ2v) is 6.35. The number of nitrogen functional groups attached to an aromatic ring is 1. The first-order valence-corrected chi connectivity index (χ1v) is 8.77. The maximum atomic E-state index is 6.33. The first-order chi connectivity index (χ1) is 12.3. The average molecular weight is 334 g/mol. The zero-order valence-corrected chi connectivity index (χ0v) is 14.2. The number of hydrogen-bond donors (Lipinski definition) is 2. The topological polar surface area (TPSA) is 81.6 Å². The average Bonchev–Trinajstić information content (AvgIpc) is 3.08. The molecule has 0 spiro atoms. The molecule has 1 aromatic carbocycles. The Bertz CT molecular complexity index is 911. The highest BCUT2D eigenvalue weighted by Gasteiger charge is 2.12. The normalized spacial score (nSPS) is 14.5. The third kappa shape index (κ3) is 3.20. The molecule has 0 fully saturated rings. The highest BCUT2D eigenvalue weighted by atomic mass is 15.2. The summed E-state index contributed by atoms with van der Waals surface area (Å²) in [6.07, 6.45) is 11.8. The van der Waals surface area contributed by atoms with E-state index < -0.39 is 0 Å². The largest absolute Gasteiger partial charge is 0.393 e. The monoisotopic (exact) mass is 334 g/mol. The zero-order chi connectivity index (χ0) is 17.1. The number of benzene rings is 1. The molecular formula is C19H22N6. The van der Waals surface area contributed by atoms with E-state index in [1.165, 1.54) is 31.3 Å². The van der Waals surface area contributed by atoms with Gasteiger partial charge in [0.2, 0.25) is 0 Å². The van der Waals surface area contributed by atoms with Crippen LogP contribution >= 0.6 is 0 Å². The number of nitrogens with one attached hydrogen (secondary N) is 1. The van der Waals surface area contributed by atoms with Gasteiger partial charge < -0.3 is 11.1 Å². The van der Waals surface area contributed by atoms with Gasteiger partial charge in [0.1, 0.15) is 18.3 Å². The zero-order valence-electron chi connectivity index (χ0n) is 14.2. The predicted octanol–water partition coefficient (Wildman–Crippen LogP) is 3.70. The lowest BCUT2D eigenvalue weighted by Gasteiger charge is -2.15. The number of nitrogens with two attached hydrogens (primary N) is 1. The molecule has 2 aromatic heterocycles. The van der Waals surface area contributed by atoms with Crippen LogP contribution in [0.2, 0.25) is 0 Å². The molecule has 0 saturated carbocycles. The summed E-state index contributed by atoms with van der Waals surface area (Å²) < 4.78 is 1.90. The van der Waals surface area contributed by atoms with Gasteiger partial charge in [-0.2, -0.15) is 0 Å². The quantitative estimate of drug-likeness (QED) is 0.695. The van der Waals surface area contributed by atoms with Crippen LogP contribution in [-0.2, 0) is 0 Å². The van der Waals surface area contributed by atoms with E-state index in [9.17, 15) is 0 Å². The van der Waals surface area contributed by atoms with Gasteiger partial charge in [0.25, 0.3) is 0 Å². The van der Waals surface area contributed by atoms with Crippen LogP contribution in [0, 0.1) is 0 Å². The van der Waals surface area contributed by atoms with Crippen LogP contribution < -0.4 is 11.1 Å². The Labute approximate surface area is 146 Å². The van der Waals surface area contributed by atoms with Crippen molar-refractivity contribution in [1.82, 2.24) is 19.5 Å². The van der Waals surface area contributed by atoms with E-state index in [1.54, 1.807) is 12.7 Å². The molecule has 6 nitrogen and oxygen atoms in total. The molecule has 1 aliphatic carbocycles. The van der Waals surface area contributed by atoms with Crippen LogP contribution in [0.25, 0.3) is 16.9 Å². The minimum absolute atomic E-state index is 0.545. The lowest BCUT2D eigenvalue weighted by Crippen LogP contribution is -2.11. The smallest absolute Gasteiger partial charge is 0.167 e. The summed E-state index contributed by atoms with van der Waals surface area (Å²) in [5.74, 6) is 1.34. The molecule has 3 N–H and O–H groups in total. The van der Waals surface area contributed by atoms with Crippen molar-refractivity contribution in [2.75, 3.05) is 17.6 Å². The Morgan fingerprint density at radius 2 is 2.04 bits per heavy atom. The summed E-state index contributed by atoms with van der Waals surface area (Å²) in [5.41, 5.74) is 10.3. The van der Waals surface area contributed by atoms with Gasteiger partial charge >= 0.3 is 0 Å². The lowest BCUT2D eigenvalue weighted by molar-refractivity contribution is 0.679. The third-order valence-electron chi connectivity index (χ3n) is 4.67. The van der Waals surface area contributed by atoms with Crippen LogP contribution in [0.3, 0.4) is 0 Å². The first kappa shape index (κ1) is 15.6. The molecule has 25 heavy (non-hydrogen) atoms. The van der Waals surface area contributed by atoms with E-state index in [1.807, 2.05) is 28.8 Å². The predicted molar refractivity (Wildman–Crippen MR) is 101 cm³/mol. The summed E-state index contributed by atoms with van der Waals surface area (Å²) in [5, 5.41) is 3.36. The van der Waals surface area contributed by atoms with E-state index in [2.05, 4.69) is 26.3 Å². The molecule has 2 heterocycles. The number of fused-ring (bicyclic) bond motifs is 1. The molecule has 0 atom stereocenters. The minimum Gasteiger partial charge on any atom is -0.393 e. The number of allylic oxidation sites excluding steroid dienone is 1. The van der Waals surface area contributed by atoms with Gasteiger partial charge in [-0.05, 0) is 44.2 Å². The van der Waals surface area contributed by atoms with E-state index in [4.69, 9.17) is 5.73 Å². The van der Waals surface area contributed by atoms with Crippen molar-refractivity contribution in [3.05, 3.63) is 48.6 Å². The fourth-order valence-electron chi connectivity index (χ4n) is 3.32. The highest BCUT2D eigenvalue weighted by molar-refractivity contribution is 5.80. The van der Waals surface area contributed by atoms with E-state index in [-0.39, 0.29) is 0 Å². The van der Waals surface area contributed by atoms with Gasteiger partial charge in [0.05, 0.1) is 11.0 Å². The maximum Gasteiger partial charge on any atom is 0.167 e. The Hall–Kier alpha value is -2.89. The van der Waals surface area contributed by atoms with Crippen LogP contribution in [0.4, 0.5) is 11.5 Å². The van der Waals surface area contributed by atoms with E-state index >= 15 is 0 Å². The van der Waals surface area contributed by atoms with E-state index in [0.29, 0.717) is 17.3 Å². The van der Waals surface area contributed by atoms with Crippen molar-refractivity contribution < 1.29 is 0 Å². The molecule has 128 valence electrons. The molecule has 0 radical (unpaired) electrons. The molecule has 0 bridgehead atoms. The van der Waals surface area contributed by atoms with Crippen LogP contribution in [-0.4, -0.2) is 26.1 Å². The molecule has 0 aliphatic heterocycles. The number of imidazole rings is 1.